The normalized spacial score (nSPS) is 17.9. The molecule has 1 aliphatic heterocycles. The Morgan fingerprint density at radius 2 is 2.05 bits per heavy atom. The average molecular weight is 291 g/mol. The largest absolute Gasteiger partial charge is 0.306 e. The van der Waals surface area contributed by atoms with Crippen LogP contribution < -0.4 is 5.43 Å². The summed E-state index contributed by atoms with van der Waals surface area (Å²) >= 11 is 0. The van der Waals surface area contributed by atoms with Gasteiger partial charge in [0.2, 0.25) is 5.91 Å². The molecule has 1 aromatic heterocycles. The molecule has 20 heavy (non-hydrogen) atoms. The highest BCUT2D eigenvalue weighted by Crippen LogP contribution is 2.18. The second-order valence-corrected chi connectivity index (χ2v) is 4.65. The third-order valence-electron chi connectivity index (χ3n) is 3.23. The summed E-state index contributed by atoms with van der Waals surface area (Å²) < 4.78 is 1.94. The summed E-state index contributed by atoms with van der Waals surface area (Å²) in [6, 6.07) is 8.07. The molecule has 1 aliphatic rings. The number of carbonyl (C=O) groups excluding carboxylic acids is 1. The second-order valence-electron chi connectivity index (χ2n) is 4.65. The van der Waals surface area contributed by atoms with Crippen molar-refractivity contribution in [2.45, 2.75) is 13.3 Å². The zero-order valence-corrected chi connectivity index (χ0v) is 11.8. The zero-order valence-electron chi connectivity index (χ0n) is 11.0. The standard InChI is InChI=1S/C14H14N4O.ClH/c1-10-8-13(19)16-17-14(10)11-2-4-12(5-3-11)18-7-6-15-9-18;/h2-7,9-10H,8H2,1H3,(H,16,19);1H. The monoisotopic (exact) mass is 290 g/mol. The summed E-state index contributed by atoms with van der Waals surface area (Å²) in [7, 11) is 0. The van der Waals surface area contributed by atoms with Gasteiger partial charge in [0.25, 0.3) is 0 Å². The van der Waals surface area contributed by atoms with Crippen molar-refractivity contribution in [2.24, 2.45) is 11.0 Å². The van der Waals surface area contributed by atoms with E-state index in [2.05, 4.69) is 15.5 Å². The van der Waals surface area contributed by atoms with Crippen molar-refractivity contribution in [3.63, 3.8) is 0 Å². The first kappa shape index (κ1) is 14.3. The van der Waals surface area contributed by atoms with Crippen LogP contribution in [0, 0.1) is 5.92 Å². The number of imidazole rings is 1. The Bertz CT molecular complexity index is 619. The number of hydrogen-bond donors (Lipinski definition) is 1. The summed E-state index contributed by atoms with van der Waals surface area (Å²) in [5.74, 6) is 0.124. The van der Waals surface area contributed by atoms with Crippen LogP contribution in [0.5, 0.6) is 0 Å². The van der Waals surface area contributed by atoms with Gasteiger partial charge in [-0.05, 0) is 17.7 Å². The molecule has 0 saturated heterocycles. The molecule has 104 valence electrons. The number of hydrogen-bond acceptors (Lipinski definition) is 3. The maximum absolute atomic E-state index is 11.2. The number of halogens is 1. The van der Waals surface area contributed by atoms with E-state index >= 15 is 0 Å². The van der Waals surface area contributed by atoms with Crippen LogP contribution in [0.15, 0.2) is 48.1 Å². The molecule has 1 amide bonds. The van der Waals surface area contributed by atoms with Crippen molar-refractivity contribution in [1.29, 1.82) is 0 Å². The Morgan fingerprint density at radius 3 is 2.65 bits per heavy atom. The fourth-order valence-electron chi connectivity index (χ4n) is 2.22. The van der Waals surface area contributed by atoms with Gasteiger partial charge in [0.05, 0.1) is 12.0 Å². The molecule has 0 aliphatic carbocycles. The summed E-state index contributed by atoms with van der Waals surface area (Å²) in [5.41, 5.74) is 5.55. The molecule has 0 fully saturated rings. The smallest absolute Gasteiger partial charge is 0.240 e. The third kappa shape index (κ3) is 2.72. The van der Waals surface area contributed by atoms with Crippen molar-refractivity contribution in [2.75, 3.05) is 0 Å². The first-order valence-electron chi connectivity index (χ1n) is 6.19. The van der Waals surface area contributed by atoms with E-state index < -0.39 is 0 Å². The Kier molecular flexibility index (Phi) is 4.20. The Balaban J connectivity index is 0.00000147. The summed E-state index contributed by atoms with van der Waals surface area (Å²) in [4.78, 5) is 15.3. The highest BCUT2D eigenvalue weighted by Gasteiger charge is 2.21. The summed E-state index contributed by atoms with van der Waals surface area (Å²) in [6.45, 7) is 2.02. The van der Waals surface area contributed by atoms with Crippen LogP contribution in [-0.4, -0.2) is 21.2 Å². The number of aromatic nitrogens is 2. The lowest BCUT2D eigenvalue weighted by molar-refractivity contribution is -0.121. The van der Waals surface area contributed by atoms with Gasteiger partial charge >= 0.3 is 0 Å². The third-order valence-corrected chi connectivity index (χ3v) is 3.23. The minimum atomic E-state index is -0.0220. The average Bonchev–Trinajstić information content (AvgIpc) is 2.93. The minimum absolute atomic E-state index is 0. The molecule has 1 atom stereocenters. The predicted octanol–water partition coefficient (Wildman–Crippen LogP) is 2.15. The molecular weight excluding hydrogens is 276 g/mol. The van der Waals surface area contributed by atoms with Crippen LogP contribution in [0.4, 0.5) is 0 Å². The maximum atomic E-state index is 11.2. The topological polar surface area (TPSA) is 59.3 Å². The van der Waals surface area contributed by atoms with Gasteiger partial charge in [0, 0.05) is 30.4 Å². The number of nitrogens with one attached hydrogen (secondary N) is 1. The molecule has 2 heterocycles. The molecule has 0 radical (unpaired) electrons. The predicted molar refractivity (Wildman–Crippen MR) is 79.3 cm³/mol. The van der Waals surface area contributed by atoms with Crippen molar-refractivity contribution in [3.8, 4) is 5.69 Å². The van der Waals surface area contributed by atoms with Gasteiger partial charge in [0.15, 0.2) is 0 Å². The zero-order chi connectivity index (χ0) is 13.2. The Labute approximate surface area is 123 Å². The highest BCUT2D eigenvalue weighted by molar-refractivity contribution is 6.05. The lowest BCUT2D eigenvalue weighted by Crippen LogP contribution is -2.31. The number of hydrazone groups is 1. The molecule has 1 aromatic carbocycles. The van der Waals surface area contributed by atoms with E-state index in [1.165, 1.54) is 0 Å². The second kappa shape index (κ2) is 5.88. The maximum Gasteiger partial charge on any atom is 0.240 e. The quantitative estimate of drug-likeness (QED) is 0.921. The van der Waals surface area contributed by atoms with Crippen molar-refractivity contribution >= 4 is 24.0 Å². The van der Waals surface area contributed by atoms with Crippen molar-refractivity contribution in [1.82, 2.24) is 15.0 Å². The molecule has 5 nitrogen and oxygen atoms in total. The van der Waals surface area contributed by atoms with Crippen molar-refractivity contribution in [3.05, 3.63) is 48.5 Å². The summed E-state index contributed by atoms with van der Waals surface area (Å²) in [6.07, 6.45) is 5.89. The van der Waals surface area contributed by atoms with Crippen LogP contribution >= 0.6 is 12.4 Å². The van der Waals surface area contributed by atoms with Crippen LogP contribution in [0.25, 0.3) is 5.69 Å². The van der Waals surface area contributed by atoms with Crippen LogP contribution in [0.1, 0.15) is 18.9 Å². The number of carbonyl (C=O) groups is 1. The molecule has 6 heteroatoms. The van der Waals surface area contributed by atoms with E-state index in [1.54, 1.807) is 12.5 Å². The van der Waals surface area contributed by atoms with Gasteiger partial charge in [-0.2, -0.15) is 5.10 Å². The van der Waals surface area contributed by atoms with Gasteiger partial charge in [-0.25, -0.2) is 10.4 Å². The van der Waals surface area contributed by atoms with E-state index in [0.717, 1.165) is 17.0 Å². The number of rotatable bonds is 2. The molecular formula is C14H15ClN4O. The Morgan fingerprint density at radius 1 is 1.30 bits per heavy atom. The van der Waals surface area contributed by atoms with Gasteiger partial charge in [-0.15, -0.1) is 12.4 Å². The van der Waals surface area contributed by atoms with Gasteiger partial charge in [0.1, 0.15) is 0 Å². The van der Waals surface area contributed by atoms with Crippen LogP contribution in [-0.2, 0) is 4.79 Å². The highest BCUT2D eigenvalue weighted by atomic mass is 35.5. The molecule has 0 saturated carbocycles. The fraction of sp³-hybridized carbons (Fsp3) is 0.214. The van der Waals surface area contributed by atoms with Crippen LogP contribution in [0.3, 0.4) is 0 Å². The first-order chi connectivity index (χ1) is 9.24. The molecule has 1 N–H and O–H groups in total. The van der Waals surface area contributed by atoms with E-state index in [9.17, 15) is 4.79 Å². The van der Waals surface area contributed by atoms with Crippen molar-refractivity contribution < 1.29 is 4.79 Å². The molecule has 1 unspecified atom stereocenters. The minimum Gasteiger partial charge on any atom is -0.306 e. The van der Waals surface area contributed by atoms with Gasteiger partial charge in [-0.1, -0.05) is 19.1 Å². The first-order valence-corrected chi connectivity index (χ1v) is 6.19. The van der Waals surface area contributed by atoms with E-state index in [-0.39, 0.29) is 24.2 Å². The van der Waals surface area contributed by atoms with E-state index in [1.807, 2.05) is 42.0 Å². The number of amides is 1. The Hall–Kier alpha value is -2.14. The molecule has 2 aromatic rings. The summed E-state index contributed by atoms with van der Waals surface area (Å²) in [5, 5.41) is 4.15. The molecule has 3 rings (SSSR count). The molecule has 0 spiro atoms. The van der Waals surface area contributed by atoms with E-state index in [0.29, 0.717) is 6.42 Å². The van der Waals surface area contributed by atoms with Gasteiger partial charge in [-0.3, -0.25) is 4.79 Å². The number of benzene rings is 1. The van der Waals surface area contributed by atoms with Gasteiger partial charge < -0.3 is 4.57 Å². The fourth-order valence-corrected chi connectivity index (χ4v) is 2.22. The SMILES string of the molecule is CC1CC(=O)NN=C1c1ccc(-n2ccnc2)cc1.Cl. The van der Waals surface area contributed by atoms with E-state index in [4.69, 9.17) is 0 Å². The lowest BCUT2D eigenvalue weighted by atomic mass is 9.94. The van der Waals surface area contributed by atoms with Crippen LogP contribution in [0.2, 0.25) is 0 Å². The number of nitrogens with zero attached hydrogens (tertiary/aromatic N) is 3. The lowest BCUT2D eigenvalue weighted by Gasteiger charge is -2.19. The molecule has 0 bridgehead atoms.